The molecule has 9 nitrogen and oxygen atoms in total. The number of aromatic nitrogens is 1. The number of ether oxygens (including phenoxy) is 3. The molecule has 1 aromatic heterocycles. The van der Waals surface area contributed by atoms with Crippen molar-refractivity contribution in [2.24, 2.45) is 0 Å². The van der Waals surface area contributed by atoms with Crippen molar-refractivity contribution in [1.82, 2.24) is 9.47 Å². The molecule has 0 atom stereocenters. The number of aryl methyl sites for hydroxylation is 1. The smallest absolute Gasteiger partial charge is 0.323 e. The summed E-state index contributed by atoms with van der Waals surface area (Å²) in [5, 5.41) is 6.06. The van der Waals surface area contributed by atoms with E-state index in [0.717, 1.165) is 62.5 Å². The van der Waals surface area contributed by atoms with E-state index in [2.05, 4.69) is 50.2 Å². The number of benzene rings is 2. The molecule has 9 heteroatoms. The molecule has 0 spiro atoms. The summed E-state index contributed by atoms with van der Waals surface area (Å²) in [7, 11) is 0. The van der Waals surface area contributed by atoms with Gasteiger partial charge in [0.05, 0.1) is 19.3 Å². The van der Waals surface area contributed by atoms with Crippen molar-refractivity contribution in [3.63, 3.8) is 0 Å². The molecule has 3 aromatic rings. The highest BCUT2D eigenvalue weighted by molar-refractivity contribution is 6.03. The third-order valence-electron chi connectivity index (χ3n) is 8.15. The number of urea groups is 1. The van der Waals surface area contributed by atoms with Crippen LogP contribution in [0.5, 0.6) is 11.5 Å². The molecule has 1 aliphatic rings. The maximum atomic E-state index is 13.9. The second-order valence-electron chi connectivity index (χ2n) is 12.8. The third-order valence-corrected chi connectivity index (χ3v) is 8.15. The average Bonchev–Trinajstić information content (AvgIpc) is 3.02. The van der Waals surface area contributed by atoms with Gasteiger partial charge < -0.3 is 29.4 Å². The van der Waals surface area contributed by atoms with Crippen LogP contribution in [0.15, 0.2) is 53.5 Å². The fourth-order valence-corrected chi connectivity index (χ4v) is 5.66. The summed E-state index contributed by atoms with van der Waals surface area (Å²) in [6, 6.07) is 13.2. The van der Waals surface area contributed by atoms with Crippen LogP contribution in [-0.2, 0) is 11.3 Å². The molecule has 2 aromatic carbocycles. The van der Waals surface area contributed by atoms with Crippen LogP contribution in [0.1, 0.15) is 84.3 Å². The Bertz CT molecular complexity index is 1480. The molecular weight excluding hydrogens is 580 g/mol. The van der Waals surface area contributed by atoms with Crippen LogP contribution < -0.4 is 25.7 Å². The zero-order valence-corrected chi connectivity index (χ0v) is 28.7. The van der Waals surface area contributed by atoms with Gasteiger partial charge in [0.25, 0.3) is 5.56 Å². The summed E-state index contributed by atoms with van der Waals surface area (Å²) in [6.45, 7) is 19.6. The number of pyridine rings is 1. The molecule has 2 amide bonds. The normalized spacial score (nSPS) is 13.8. The highest BCUT2D eigenvalue weighted by atomic mass is 16.5. The van der Waals surface area contributed by atoms with Crippen molar-refractivity contribution in [1.29, 1.82) is 0 Å². The number of hydrogen-bond donors (Lipinski definition) is 2. The van der Waals surface area contributed by atoms with Crippen molar-refractivity contribution in [3.05, 3.63) is 70.1 Å². The molecule has 0 bridgehead atoms. The number of para-hydroxylation sites is 1. The van der Waals surface area contributed by atoms with Crippen molar-refractivity contribution >= 4 is 17.4 Å². The predicted molar refractivity (Wildman–Crippen MR) is 187 cm³/mol. The summed E-state index contributed by atoms with van der Waals surface area (Å²) in [6.07, 6.45) is 3.48. The molecule has 250 valence electrons. The first kappa shape index (κ1) is 35.0. The summed E-state index contributed by atoms with van der Waals surface area (Å²) in [5.41, 5.74) is 4.12. The number of unbranched alkanes of at least 4 members (excludes halogenated alkanes) is 1. The number of carbonyl (C=O) groups excluding carboxylic acids is 1. The minimum absolute atomic E-state index is 0.117. The van der Waals surface area contributed by atoms with Gasteiger partial charge in [-0.3, -0.25) is 9.69 Å². The van der Waals surface area contributed by atoms with Crippen molar-refractivity contribution in [2.45, 2.75) is 85.8 Å². The lowest BCUT2D eigenvalue weighted by atomic mass is 9.93. The Morgan fingerprint density at radius 1 is 0.891 bits per heavy atom. The highest BCUT2D eigenvalue weighted by Gasteiger charge is 2.21. The largest absolute Gasteiger partial charge is 0.492 e. The summed E-state index contributed by atoms with van der Waals surface area (Å²) < 4.78 is 19.5. The van der Waals surface area contributed by atoms with Crippen LogP contribution in [0, 0.1) is 0 Å². The maximum absolute atomic E-state index is 13.9. The summed E-state index contributed by atoms with van der Waals surface area (Å²) >= 11 is 0. The van der Waals surface area contributed by atoms with Gasteiger partial charge in [-0.05, 0) is 61.4 Å². The van der Waals surface area contributed by atoms with Gasteiger partial charge in [-0.2, -0.15) is 0 Å². The molecule has 1 aliphatic heterocycles. The Hall–Kier alpha value is -3.82. The maximum Gasteiger partial charge on any atom is 0.323 e. The molecule has 0 unspecified atom stereocenters. The van der Waals surface area contributed by atoms with Crippen molar-refractivity contribution < 1.29 is 19.0 Å². The number of hydrogen-bond acceptors (Lipinski definition) is 6. The third kappa shape index (κ3) is 9.13. The fourth-order valence-electron chi connectivity index (χ4n) is 5.66. The molecule has 1 fully saturated rings. The second kappa shape index (κ2) is 16.7. The number of rotatable bonds is 14. The lowest BCUT2D eigenvalue weighted by Crippen LogP contribution is -2.38. The minimum atomic E-state index is -0.462. The molecule has 0 aliphatic carbocycles. The number of carbonyl (C=O) groups is 1. The zero-order chi connectivity index (χ0) is 33.2. The van der Waals surface area contributed by atoms with Crippen LogP contribution in [0.3, 0.4) is 0 Å². The highest BCUT2D eigenvalue weighted by Crippen LogP contribution is 2.38. The molecule has 2 N–H and O–H groups in total. The Morgan fingerprint density at radius 2 is 1.57 bits per heavy atom. The molecule has 0 saturated carbocycles. The molecule has 1 saturated heterocycles. The number of nitrogens with zero attached hydrogens (tertiary/aromatic N) is 2. The second-order valence-corrected chi connectivity index (χ2v) is 12.8. The molecule has 4 rings (SSSR count). The van der Waals surface area contributed by atoms with E-state index >= 15 is 0 Å². The van der Waals surface area contributed by atoms with Gasteiger partial charge in [0.1, 0.15) is 23.8 Å². The number of anilines is 2. The minimum Gasteiger partial charge on any atom is -0.492 e. The van der Waals surface area contributed by atoms with E-state index in [1.165, 1.54) is 0 Å². The van der Waals surface area contributed by atoms with Gasteiger partial charge in [0.2, 0.25) is 0 Å². The first-order valence-electron chi connectivity index (χ1n) is 16.8. The molecular formula is C37H52N4O5. The Morgan fingerprint density at radius 3 is 2.20 bits per heavy atom. The monoisotopic (exact) mass is 632 g/mol. The fraction of sp³-hybridized carbons (Fsp3) is 0.514. The standard InChI is InChI=1S/C37H52N4O5/c1-8-9-16-41-17-15-32(31-14-13-28(24-33(31)46-27(6)7)45-23-20-40-18-21-44-22-19-40)35(36(41)42)39-37(43)38-34-29(25(2)3)11-10-12-30(34)26(4)5/h10-15,17,24-27H,8-9,16,18-23H2,1-7H3,(H2,38,39,43). The lowest BCUT2D eigenvalue weighted by molar-refractivity contribution is 0.0322. The SMILES string of the molecule is CCCCn1ccc(-c2ccc(OCCN3CCOCC3)cc2OC(C)C)c(NC(=O)Nc2c(C(C)C)cccc2C(C)C)c1=O. The number of morpholine rings is 1. The first-order chi connectivity index (χ1) is 22.1. The van der Waals surface area contributed by atoms with Crippen LogP contribution in [0.25, 0.3) is 11.1 Å². The Balaban J connectivity index is 1.69. The zero-order valence-electron chi connectivity index (χ0n) is 28.7. The van der Waals surface area contributed by atoms with Crippen molar-refractivity contribution in [3.8, 4) is 22.6 Å². The first-order valence-corrected chi connectivity index (χ1v) is 16.8. The topological polar surface area (TPSA) is 94.1 Å². The van der Waals surface area contributed by atoms with Crippen LogP contribution in [0.4, 0.5) is 16.2 Å². The van der Waals surface area contributed by atoms with Gasteiger partial charge in [-0.25, -0.2) is 4.79 Å². The average molecular weight is 633 g/mol. The number of amides is 2. The summed E-state index contributed by atoms with van der Waals surface area (Å²) in [5.74, 6) is 1.68. The van der Waals surface area contributed by atoms with Gasteiger partial charge >= 0.3 is 6.03 Å². The predicted octanol–water partition coefficient (Wildman–Crippen LogP) is 7.70. The van der Waals surface area contributed by atoms with E-state index in [0.29, 0.717) is 35.8 Å². The van der Waals surface area contributed by atoms with Crippen LogP contribution in [-0.4, -0.2) is 61.1 Å². The number of nitrogens with one attached hydrogen (secondary N) is 2. The van der Waals surface area contributed by atoms with Crippen LogP contribution >= 0.6 is 0 Å². The summed E-state index contributed by atoms with van der Waals surface area (Å²) in [4.78, 5) is 30.0. The lowest BCUT2D eigenvalue weighted by Gasteiger charge is -2.26. The van der Waals surface area contributed by atoms with E-state index < -0.39 is 6.03 Å². The van der Waals surface area contributed by atoms with E-state index in [4.69, 9.17) is 14.2 Å². The van der Waals surface area contributed by atoms with Gasteiger partial charge in [0.15, 0.2) is 0 Å². The van der Waals surface area contributed by atoms with E-state index in [9.17, 15) is 9.59 Å². The Kier molecular flexibility index (Phi) is 12.7. The molecule has 0 radical (unpaired) electrons. The Labute approximate surface area is 274 Å². The quantitative estimate of drug-likeness (QED) is 0.189. The van der Waals surface area contributed by atoms with Gasteiger partial charge in [-0.15, -0.1) is 0 Å². The van der Waals surface area contributed by atoms with Crippen LogP contribution in [0.2, 0.25) is 0 Å². The van der Waals surface area contributed by atoms with E-state index in [-0.39, 0.29) is 29.2 Å². The van der Waals surface area contributed by atoms with Crippen molar-refractivity contribution in [2.75, 3.05) is 50.1 Å². The van der Waals surface area contributed by atoms with E-state index in [1.807, 2.05) is 56.3 Å². The molecule has 2 heterocycles. The van der Waals surface area contributed by atoms with Gasteiger partial charge in [-0.1, -0.05) is 59.2 Å². The van der Waals surface area contributed by atoms with Gasteiger partial charge in [0, 0.05) is 55.3 Å². The molecule has 46 heavy (non-hydrogen) atoms. The van der Waals surface area contributed by atoms with E-state index in [1.54, 1.807) is 10.8 Å².